The van der Waals surface area contributed by atoms with Gasteiger partial charge in [-0.3, -0.25) is 0 Å². The van der Waals surface area contributed by atoms with Crippen molar-refractivity contribution in [3.63, 3.8) is 0 Å². The third-order valence-electron chi connectivity index (χ3n) is 2.49. The summed E-state index contributed by atoms with van der Waals surface area (Å²) in [6.45, 7) is 3.28. The van der Waals surface area contributed by atoms with Crippen molar-refractivity contribution >= 4 is 5.69 Å². The molecule has 1 aromatic carbocycles. The van der Waals surface area contributed by atoms with Crippen LogP contribution in [0.3, 0.4) is 0 Å². The highest BCUT2D eigenvalue weighted by Crippen LogP contribution is 2.11. The van der Waals surface area contributed by atoms with Crippen molar-refractivity contribution in [1.82, 2.24) is 10.1 Å². The number of nitrogen functional groups attached to an aromatic ring is 1. The summed E-state index contributed by atoms with van der Waals surface area (Å²) in [5.41, 5.74) is 7.52. The van der Waals surface area contributed by atoms with Gasteiger partial charge in [-0.25, -0.2) is 0 Å². The van der Waals surface area contributed by atoms with Gasteiger partial charge in [0.15, 0.2) is 5.82 Å². The maximum Gasteiger partial charge on any atom is 0.231 e. The highest BCUT2D eigenvalue weighted by molar-refractivity contribution is 5.41. The molecule has 0 atom stereocenters. The molecule has 0 aliphatic rings. The van der Waals surface area contributed by atoms with Gasteiger partial charge in [-0.2, -0.15) is 4.98 Å². The number of anilines is 1. The lowest BCUT2D eigenvalue weighted by molar-refractivity contribution is 0.149. The number of aromatic nitrogens is 2. The SMILES string of the molecule is CCOCCc1noc(Cc2cccc(N)c2)n1. The van der Waals surface area contributed by atoms with Crippen molar-refractivity contribution in [2.45, 2.75) is 19.8 Å². The minimum absolute atomic E-state index is 0.604. The smallest absolute Gasteiger partial charge is 0.231 e. The van der Waals surface area contributed by atoms with Crippen LogP contribution in [0.5, 0.6) is 0 Å². The maximum absolute atomic E-state index is 5.72. The van der Waals surface area contributed by atoms with Gasteiger partial charge in [0.05, 0.1) is 13.0 Å². The van der Waals surface area contributed by atoms with E-state index in [0.717, 1.165) is 11.3 Å². The monoisotopic (exact) mass is 247 g/mol. The van der Waals surface area contributed by atoms with Gasteiger partial charge in [-0.1, -0.05) is 17.3 Å². The third kappa shape index (κ3) is 3.56. The maximum atomic E-state index is 5.72. The number of benzene rings is 1. The van der Waals surface area contributed by atoms with Crippen molar-refractivity contribution in [3.8, 4) is 0 Å². The number of rotatable bonds is 6. The van der Waals surface area contributed by atoms with E-state index in [1.54, 1.807) is 0 Å². The minimum Gasteiger partial charge on any atom is -0.399 e. The zero-order valence-corrected chi connectivity index (χ0v) is 10.4. The number of nitrogens with zero attached hydrogens (tertiary/aromatic N) is 2. The number of hydrogen-bond acceptors (Lipinski definition) is 5. The fourth-order valence-corrected chi connectivity index (χ4v) is 1.65. The second-order valence-corrected chi connectivity index (χ2v) is 3.97. The van der Waals surface area contributed by atoms with E-state index >= 15 is 0 Å². The average Bonchev–Trinajstić information content (AvgIpc) is 2.77. The Kier molecular flexibility index (Phi) is 4.30. The first kappa shape index (κ1) is 12.6. The lowest BCUT2D eigenvalue weighted by Crippen LogP contribution is -1.99. The molecule has 96 valence electrons. The van der Waals surface area contributed by atoms with E-state index in [4.69, 9.17) is 15.0 Å². The van der Waals surface area contributed by atoms with Gasteiger partial charge < -0.3 is 15.0 Å². The van der Waals surface area contributed by atoms with Crippen LogP contribution in [-0.2, 0) is 17.6 Å². The van der Waals surface area contributed by atoms with Crippen LogP contribution in [-0.4, -0.2) is 23.4 Å². The highest BCUT2D eigenvalue weighted by atomic mass is 16.5. The molecule has 1 aromatic heterocycles. The summed E-state index contributed by atoms with van der Waals surface area (Å²) in [6.07, 6.45) is 1.28. The van der Waals surface area contributed by atoms with Crippen molar-refractivity contribution < 1.29 is 9.26 Å². The van der Waals surface area contributed by atoms with Gasteiger partial charge in [0.25, 0.3) is 0 Å². The zero-order valence-electron chi connectivity index (χ0n) is 10.4. The lowest BCUT2D eigenvalue weighted by atomic mass is 10.1. The Morgan fingerprint density at radius 1 is 1.39 bits per heavy atom. The van der Waals surface area contributed by atoms with Crippen LogP contribution < -0.4 is 5.73 Å². The molecule has 0 saturated heterocycles. The third-order valence-corrected chi connectivity index (χ3v) is 2.49. The highest BCUT2D eigenvalue weighted by Gasteiger charge is 2.07. The predicted octanol–water partition coefficient (Wildman–Crippen LogP) is 1.82. The number of hydrogen-bond donors (Lipinski definition) is 1. The molecule has 18 heavy (non-hydrogen) atoms. The zero-order chi connectivity index (χ0) is 12.8. The topological polar surface area (TPSA) is 74.2 Å². The fraction of sp³-hybridized carbons (Fsp3) is 0.385. The molecule has 0 aliphatic carbocycles. The molecule has 0 radical (unpaired) electrons. The predicted molar refractivity (Wildman–Crippen MR) is 68.2 cm³/mol. The Bertz CT molecular complexity index is 496. The Balaban J connectivity index is 1.94. The van der Waals surface area contributed by atoms with Crippen molar-refractivity contribution in [2.75, 3.05) is 18.9 Å². The van der Waals surface area contributed by atoms with Crippen LogP contribution in [0.2, 0.25) is 0 Å². The molecule has 2 rings (SSSR count). The summed E-state index contributed by atoms with van der Waals surface area (Å²) < 4.78 is 10.4. The van der Waals surface area contributed by atoms with Gasteiger partial charge in [0.1, 0.15) is 0 Å². The normalized spacial score (nSPS) is 10.7. The van der Waals surface area contributed by atoms with E-state index in [0.29, 0.717) is 37.8 Å². The average molecular weight is 247 g/mol. The molecule has 2 aromatic rings. The second kappa shape index (κ2) is 6.16. The van der Waals surface area contributed by atoms with Crippen LogP contribution in [0.25, 0.3) is 0 Å². The fourth-order valence-electron chi connectivity index (χ4n) is 1.65. The van der Waals surface area contributed by atoms with Crippen molar-refractivity contribution in [3.05, 3.63) is 41.5 Å². The van der Waals surface area contributed by atoms with Gasteiger partial charge in [0.2, 0.25) is 5.89 Å². The van der Waals surface area contributed by atoms with Gasteiger partial charge in [-0.05, 0) is 24.6 Å². The van der Waals surface area contributed by atoms with E-state index in [2.05, 4.69) is 10.1 Å². The number of nitrogens with two attached hydrogens (primary N) is 1. The summed E-state index contributed by atoms with van der Waals surface area (Å²) in [7, 11) is 0. The van der Waals surface area contributed by atoms with E-state index in [1.165, 1.54) is 0 Å². The van der Waals surface area contributed by atoms with E-state index in [-0.39, 0.29) is 0 Å². The number of ether oxygens (including phenoxy) is 1. The van der Waals surface area contributed by atoms with Crippen LogP contribution in [0, 0.1) is 0 Å². The Morgan fingerprint density at radius 2 is 2.28 bits per heavy atom. The molecule has 2 N–H and O–H groups in total. The van der Waals surface area contributed by atoms with E-state index in [1.807, 2.05) is 31.2 Å². The molecular formula is C13H17N3O2. The summed E-state index contributed by atoms with van der Waals surface area (Å²) in [6, 6.07) is 7.66. The van der Waals surface area contributed by atoms with Crippen molar-refractivity contribution in [2.24, 2.45) is 0 Å². The summed E-state index contributed by atoms with van der Waals surface area (Å²) >= 11 is 0. The lowest BCUT2D eigenvalue weighted by Gasteiger charge is -1.98. The Labute approximate surface area is 106 Å². The van der Waals surface area contributed by atoms with E-state index in [9.17, 15) is 0 Å². The first-order valence-corrected chi connectivity index (χ1v) is 6.01. The molecule has 5 heteroatoms. The molecule has 0 bridgehead atoms. The summed E-state index contributed by atoms with van der Waals surface area (Å²) in [5.74, 6) is 1.29. The molecule has 5 nitrogen and oxygen atoms in total. The Hall–Kier alpha value is -1.88. The second-order valence-electron chi connectivity index (χ2n) is 3.97. The molecule has 0 saturated carbocycles. The van der Waals surface area contributed by atoms with Gasteiger partial charge in [0, 0.05) is 18.7 Å². The van der Waals surface area contributed by atoms with Crippen LogP contribution in [0.1, 0.15) is 24.2 Å². The van der Waals surface area contributed by atoms with E-state index < -0.39 is 0 Å². The first-order valence-electron chi connectivity index (χ1n) is 6.01. The summed E-state index contributed by atoms with van der Waals surface area (Å²) in [4.78, 5) is 4.31. The minimum atomic E-state index is 0.604. The first-order chi connectivity index (χ1) is 8.78. The molecule has 0 spiro atoms. The Morgan fingerprint density at radius 3 is 3.06 bits per heavy atom. The van der Waals surface area contributed by atoms with Crippen LogP contribution in [0.4, 0.5) is 5.69 Å². The largest absolute Gasteiger partial charge is 0.399 e. The molecule has 0 fully saturated rings. The van der Waals surface area contributed by atoms with Gasteiger partial charge >= 0.3 is 0 Å². The standard InChI is InChI=1S/C13H17N3O2/c1-2-17-7-6-12-15-13(18-16-12)9-10-4-3-5-11(14)8-10/h3-5,8H,2,6-7,9,14H2,1H3. The molecular weight excluding hydrogens is 230 g/mol. The quantitative estimate of drug-likeness (QED) is 0.622. The molecule has 1 heterocycles. The molecule has 0 unspecified atom stereocenters. The van der Waals surface area contributed by atoms with Crippen LogP contribution >= 0.6 is 0 Å². The molecule has 0 amide bonds. The molecule has 0 aliphatic heterocycles. The van der Waals surface area contributed by atoms with Gasteiger partial charge in [-0.15, -0.1) is 0 Å². The van der Waals surface area contributed by atoms with Crippen molar-refractivity contribution in [1.29, 1.82) is 0 Å². The summed E-state index contributed by atoms with van der Waals surface area (Å²) in [5, 5.41) is 3.91. The van der Waals surface area contributed by atoms with Crippen LogP contribution in [0.15, 0.2) is 28.8 Å².